The molecule has 0 aliphatic rings. The summed E-state index contributed by atoms with van der Waals surface area (Å²) >= 11 is 0. The van der Waals surface area contributed by atoms with Crippen molar-refractivity contribution in [3.63, 3.8) is 0 Å². The minimum absolute atomic E-state index is 0.509. The molecule has 3 N–H and O–H groups in total. The predicted molar refractivity (Wildman–Crippen MR) is 86.9 cm³/mol. The molecule has 0 amide bonds. The molecular formula is C16H23N5. The maximum absolute atomic E-state index is 5.84. The fourth-order valence-corrected chi connectivity index (χ4v) is 2.05. The fraction of sp³-hybridized carbons (Fsp3) is 0.375. The third-order valence-electron chi connectivity index (χ3n) is 3.23. The van der Waals surface area contributed by atoms with Gasteiger partial charge in [0.1, 0.15) is 0 Å². The van der Waals surface area contributed by atoms with E-state index >= 15 is 0 Å². The number of aliphatic imine (C=N–C) groups is 1. The summed E-state index contributed by atoms with van der Waals surface area (Å²) in [7, 11) is 1.92. The molecule has 0 aliphatic heterocycles. The molecule has 1 aromatic carbocycles. The van der Waals surface area contributed by atoms with Gasteiger partial charge < -0.3 is 11.1 Å². The molecule has 0 saturated carbocycles. The first-order valence-corrected chi connectivity index (χ1v) is 7.31. The van der Waals surface area contributed by atoms with Crippen molar-refractivity contribution in [1.29, 1.82) is 0 Å². The molecule has 0 fully saturated rings. The molecule has 0 bridgehead atoms. The van der Waals surface area contributed by atoms with Crippen molar-refractivity contribution in [1.82, 2.24) is 15.1 Å². The van der Waals surface area contributed by atoms with E-state index in [1.54, 1.807) is 4.68 Å². The second-order valence-electron chi connectivity index (χ2n) is 5.08. The standard InChI is InChI=1S/C16H23N5/c1-3-4-8-18-16(17)19-10-13-6-5-7-14(9-13)15-11-20-21(2)12-15/h5-7,9,11-12H,3-4,8,10H2,1-2H3,(H3,17,18,19). The van der Waals surface area contributed by atoms with Gasteiger partial charge in [0.15, 0.2) is 5.96 Å². The van der Waals surface area contributed by atoms with Crippen LogP contribution in [-0.4, -0.2) is 22.3 Å². The molecule has 0 aliphatic carbocycles. The van der Waals surface area contributed by atoms with Crippen molar-refractivity contribution in [2.45, 2.75) is 26.3 Å². The van der Waals surface area contributed by atoms with Crippen molar-refractivity contribution in [2.24, 2.45) is 17.8 Å². The highest BCUT2D eigenvalue weighted by atomic mass is 15.2. The summed E-state index contributed by atoms with van der Waals surface area (Å²) in [5, 5.41) is 7.32. The molecule has 1 heterocycles. The first-order chi connectivity index (χ1) is 10.2. The summed E-state index contributed by atoms with van der Waals surface area (Å²) in [5.74, 6) is 0.509. The van der Waals surface area contributed by atoms with E-state index < -0.39 is 0 Å². The molecule has 0 radical (unpaired) electrons. The molecule has 0 saturated heterocycles. The summed E-state index contributed by atoms with van der Waals surface area (Å²) in [4.78, 5) is 4.37. The average Bonchev–Trinajstić information content (AvgIpc) is 2.92. The molecular weight excluding hydrogens is 262 g/mol. The van der Waals surface area contributed by atoms with Crippen LogP contribution in [0.5, 0.6) is 0 Å². The molecule has 1 aromatic heterocycles. The second kappa shape index (κ2) is 7.47. The first kappa shape index (κ1) is 15.1. The Bertz CT molecular complexity index is 600. The van der Waals surface area contributed by atoms with E-state index in [1.165, 1.54) is 0 Å². The van der Waals surface area contributed by atoms with Gasteiger partial charge in [-0.05, 0) is 23.6 Å². The molecule has 2 rings (SSSR count). The van der Waals surface area contributed by atoms with Crippen LogP contribution in [0.25, 0.3) is 11.1 Å². The molecule has 2 aromatic rings. The number of rotatable bonds is 6. The maximum atomic E-state index is 5.84. The van der Waals surface area contributed by atoms with Crippen LogP contribution in [-0.2, 0) is 13.6 Å². The number of unbranched alkanes of at least 4 members (excludes halogenated alkanes) is 1. The van der Waals surface area contributed by atoms with Gasteiger partial charge in [-0.3, -0.25) is 4.68 Å². The predicted octanol–water partition coefficient (Wildman–Crippen LogP) is 2.29. The van der Waals surface area contributed by atoms with E-state index in [-0.39, 0.29) is 0 Å². The highest BCUT2D eigenvalue weighted by molar-refractivity contribution is 5.77. The zero-order chi connectivity index (χ0) is 15.1. The molecule has 0 atom stereocenters. The number of hydrogen-bond donors (Lipinski definition) is 2. The molecule has 112 valence electrons. The van der Waals surface area contributed by atoms with Gasteiger partial charge in [0.05, 0.1) is 12.7 Å². The molecule has 5 heteroatoms. The smallest absolute Gasteiger partial charge is 0.188 e. The largest absolute Gasteiger partial charge is 0.370 e. The third-order valence-corrected chi connectivity index (χ3v) is 3.23. The van der Waals surface area contributed by atoms with Crippen molar-refractivity contribution in [3.05, 3.63) is 42.2 Å². The van der Waals surface area contributed by atoms with Crippen molar-refractivity contribution >= 4 is 5.96 Å². The Labute approximate surface area is 125 Å². The Morgan fingerprint density at radius 3 is 2.95 bits per heavy atom. The Morgan fingerprint density at radius 2 is 2.24 bits per heavy atom. The minimum atomic E-state index is 0.509. The topological polar surface area (TPSA) is 68.2 Å². The minimum Gasteiger partial charge on any atom is -0.370 e. The lowest BCUT2D eigenvalue weighted by Gasteiger charge is -2.05. The molecule has 21 heavy (non-hydrogen) atoms. The molecule has 0 spiro atoms. The highest BCUT2D eigenvalue weighted by Gasteiger charge is 2.01. The van der Waals surface area contributed by atoms with Gasteiger partial charge in [0.2, 0.25) is 0 Å². The Kier molecular flexibility index (Phi) is 5.37. The van der Waals surface area contributed by atoms with Crippen molar-refractivity contribution < 1.29 is 0 Å². The van der Waals surface area contributed by atoms with Gasteiger partial charge >= 0.3 is 0 Å². The van der Waals surface area contributed by atoms with Gasteiger partial charge in [-0.25, -0.2) is 4.99 Å². The van der Waals surface area contributed by atoms with Crippen molar-refractivity contribution in [3.8, 4) is 11.1 Å². The maximum Gasteiger partial charge on any atom is 0.188 e. The number of guanidine groups is 1. The summed E-state index contributed by atoms with van der Waals surface area (Å²) in [5.41, 5.74) is 9.23. The highest BCUT2D eigenvalue weighted by Crippen LogP contribution is 2.19. The van der Waals surface area contributed by atoms with Crippen LogP contribution < -0.4 is 11.1 Å². The monoisotopic (exact) mass is 285 g/mol. The summed E-state index contributed by atoms with van der Waals surface area (Å²) < 4.78 is 1.80. The van der Waals surface area contributed by atoms with Crippen LogP contribution in [0.1, 0.15) is 25.3 Å². The van der Waals surface area contributed by atoms with Crippen LogP contribution >= 0.6 is 0 Å². The summed E-state index contributed by atoms with van der Waals surface area (Å²) in [6, 6.07) is 8.30. The van der Waals surface area contributed by atoms with Gasteiger partial charge in [0.25, 0.3) is 0 Å². The van der Waals surface area contributed by atoms with Gasteiger partial charge in [-0.15, -0.1) is 0 Å². The lowest BCUT2D eigenvalue weighted by atomic mass is 10.1. The van der Waals surface area contributed by atoms with E-state index in [0.717, 1.165) is 36.1 Å². The third kappa shape index (κ3) is 4.63. The molecule has 5 nitrogen and oxygen atoms in total. The zero-order valence-electron chi connectivity index (χ0n) is 12.7. The summed E-state index contributed by atoms with van der Waals surface area (Å²) in [6.45, 7) is 3.61. The average molecular weight is 285 g/mol. The van der Waals surface area contributed by atoms with Crippen LogP contribution in [0, 0.1) is 0 Å². The lowest BCUT2D eigenvalue weighted by molar-refractivity contribution is 0.748. The number of nitrogens with one attached hydrogen (secondary N) is 1. The second-order valence-corrected chi connectivity index (χ2v) is 5.08. The number of benzene rings is 1. The normalized spacial score (nSPS) is 11.6. The van der Waals surface area contributed by atoms with Gasteiger partial charge in [-0.2, -0.15) is 5.10 Å². The number of nitrogens with zero attached hydrogens (tertiary/aromatic N) is 3. The number of nitrogens with two attached hydrogens (primary N) is 1. The van der Waals surface area contributed by atoms with Crippen molar-refractivity contribution in [2.75, 3.05) is 6.54 Å². The van der Waals surface area contributed by atoms with E-state index in [9.17, 15) is 0 Å². The van der Waals surface area contributed by atoms with Crippen LogP contribution in [0.15, 0.2) is 41.7 Å². The lowest BCUT2D eigenvalue weighted by Crippen LogP contribution is -2.32. The zero-order valence-corrected chi connectivity index (χ0v) is 12.7. The van der Waals surface area contributed by atoms with Crippen LogP contribution in [0.2, 0.25) is 0 Å². The van der Waals surface area contributed by atoms with E-state index in [4.69, 9.17) is 5.73 Å². The quantitative estimate of drug-likeness (QED) is 0.486. The van der Waals surface area contributed by atoms with Gasteiger partial charge in [0, 0.05) is 25.4 Å². The summed E-state index contributed by atoms with van der Waals surface area (Å²) in [6.07, 6.45) is 6.12. The van der Waals surface area contributed by atoms with Crippen LogP contribution in [0.3, 0.4) is 0 Å². The Hall–Kier alpha value is -2.30. The van der Waals surface area contributed by atoms with Gasteiger partial charge in [-0.1, -0.05) is 31.5 Å². The van der Waals surface area contributed by atoms with E-state index in [0.29, 0.717) is 12.5 Å². The number of hydrogen-bond acceptors (Lipinski definition) is 2. The SMILES string of the molecule is CCCCNC(N)=NCc1cccc(-c2cnn(C)c2)c1. The van der Waals surface area contributed by atoms with E-state index in [1.807, 2.05) is 25.5 Å². The first-order valence-electron chi connectivity index (χ1n) is 7.31. The number of aromatic nitrogens is 2. The van der Waals surface area contributed by atoms with Crippen LogP contribution in [0.4, 0.5) is 0 Å². The fourth-order valence-electron chi connectivity index (χ4n) is 2.05. The Morgan fingerprint density at radius 1 is 1.38 bits per heavy atom. The molecule has 0 unspecified atom stereocenters. The Balaban J connectivity index is 1.99. The van der Waals surface area contributed by atoms with E-state index in [2.05, 4.69) is 40.5 Å². The number of aryl methyl sites for hydroxylation is 1.